The number of Topliss-reactive ketones (excluding diaryl/α,β-unsaturated/α-hetero) is 1. The Kier molecular flexibility index (Phi) is 5.62. The number of allylic oxidation sites excluding steroid dienone is 2. The average Bonchev–Trinajstić information content (AvgIpc) is 3.50. The highest BCUT2D eigenvalue weighted by Crippen LogP contribution is 2.69. The predicted octanol–water partition coefficient (Wildman–Crippen LogP) is 4.52. The molecular formula is C28H34O7. The number of hydrogen-bond donors (Lipinski definition) is 0. The van der Waals surface area contributed by atoms with E-state index in [0.29, 0.717) is 6.42 Å². The normalized spacial score (nSPS) is 40.1. The topological polar surface area (TPSA) is 92.0 Å². The first-order valence-electron chi connectivity index (χ1n) is 12.4. The first-order chi connectivity index (χ1) is 16.5. The summed E-state index contributed by atoms with van der Waals surface area (Å²) in [5.74, 6) is -1.31. The van der Waals surface area contributed by atoms with E-state index in [9.17, 15) is 14.4 Å². The van der Waals surface area contributed by atoms with Gasteiger partial charge in [0, 0.05) is 36.0 Å². The number of fused-ring (bicyclic) bond motifs is 4. The maximum atomic E-state index is 13.8. The van der Waals surface area contributed by atoms with Crippen molar-refractivity contribution >= 4 is 17.7 Å². The molecule has 5 rings (SSSR count). The number of ether oxygens (including phenoxy) is 3. The van der Waals surface area contributed by atoms with Crippen molar-refractivity contribution in [3.63, 3.8) is 0 Å². The van der Waals surface area contributed by atoms with Gasteiger partial charge in [0.05, 0.1) is 32.2 Å². The average molecular weight is 483 g/mol. The lowest BCUT2D eigenvalue weighted by Gasteiger charge is -2.60. The first-order valence-corrected chi connectivity index (χ1v) is 12.4. The maximum absolute atomic E-state index is 13.8. The van der Waals surface area contributed by atoms with E-state index in [2.05, 4.69) is 13.8 Å². The minimum Gasteiger partial charge on any atom is -0.472 e. The lowest BCUT2D eigenvalue weighted by atomic mass is 9.44. The van der Waals surface area contributed by atoms with Gasteiger partial charge in [0.15, 0.2) is 0 Å². The molecule has 2 heterocycles. The molecule has 0 aromatic carbocycles. The Hall–Kier alpha value is -2.67. The van der Waals surface area contributed by atoms with Gasteiger partial charge in [-0.1, -0.05) is 31.1 Å². The molecule has 2 fully saturated rings. The molecule has 0 amide bonds. The van der Waals surface area contributed by atoms with Crippen molar-refractivity contribution in [2.45, 2.75) is 78.1 Å². The Balaban J connectivity index is 1.73. The third-order valence-electron chi connectivity index (χ3n) is 9.47. The predicted molar refractivity (Wildman–Crippen MR) is 126 cm³/mol. The van der Waals surface area contributed by atoms with Crippen molar-refractivity contribution in [3.8, 4) is 0 Å². The van der Waals surface area contributed by atoms with Crippen LogP contribution in [0.2, 0.25) is 0 Å². The van der Waals surface area contributed by atoms with Gasteiger partial charge in [-0.15, -0.1) is 0 Å². The van der Waals surface area contributed by atoms with Crippen LogP contribution in [0.1, 0.15) is 65.4 Å². The van der Waals surface area contributed by atoms with Crippen LogP contribution >= 0.6 is 0 Å². The number of carbonyl (C=O) groups is 3. The van der Waals surface area contributed by atoms with Crippen molar-refractivity contribution in [1.29, 1.82) is 0 Å². The minimum atomic E-state index is -0.919. The van der Waals surface area contributed by atoms with Crippen LogP contribution in [-0.4, -0.2) is 43.1 Å². The molecule has 188 valence electrons. The molecule has 0 radical (unpaired) electrons. The number of hydrogen-bond acceptors (Lipinski definition) is 7. The third kappa shape index (κ3) is 3.23. The van der Waals surface area contributed by atoms with Gasteiger partial charge in [-0.05, 0) is 43.4 Å². The minimum absolute atomic E-state index is 0.0601. The summed E-state index contributed by atoms with van der Waals surface area (Å²) in [7, 11) is 1.38. The van der Waals surface area contributed by atoms with Gasteiger partial charge in [-0.2, -0.15) is 0 Å². The van der Waals surface area contributed by atoms with Gasteiger partial charge in [-0.3, -0.25) is 14.4 Å². The van der Waals surface area contributed by atoms with Crippen molar-refractivity contribution in [1.82, 2.24) is 0 Å². The zero-order chi connectivity index (χ0) is 25.3. The highest BCUT2D eigenvalue weighted by Gasteiger charge is 2.72. The van der Waals surface area contributed by atoms with E-state index in [1.807, 2.05) is 26.0 Å². The van der Waals surface area contributed by atoms with E-state index < -0.39 is 29.0 Å². The summed E-state index contributed by atoms with van der Waals surface area (Å²) >= 11 is 0. The second-order valence-corrected chi connectivity index (χ2v) is 11.0. The second kappa shape index (κ2) is 8.19. The van der Waals surface area contributed by atoms with Crippen molar-refractivity contribution in [2.75, 3.05) is 7.11 Å². The number of esters is 2. The Bertz CT molecular complexity index is 1130. The van der Waals surface area contributed by atoms with Gasteiger partial charge >= 0.3 is 11.9 Å². The summed E-state index contributed by atoms with van der Waals surface area (Å²) in [5.41, 5.74) is 2.77. The van der Waals surface area contributed by atoms with Gasteiger partial charge in [0.25, 0.3) is 0 Å². The monoisotopic (exact) mass is 482 g/mol. The summed E-state index contributed by atoms with van der Waals surface area (Å²) in [6, 6.07) is 1.97. The number of ketones is 1. The van der Waals surface area contributed by atoms with Crippen LogP contribution in [0.25, 0.3) is 0 Å². The van der Waals surface area contributed by atoms with Crippen molar-refractivity contribution in [2.24, 2.45) is 22.7 Å². The van der Waals surface area contributed by atoms with Gasteiger partial charge in [0.2, 0.25) is 0 Å². The molecule has 1 aromatic rings. The van der Waals surface area contributed by atoms with Gasteiger partial charge in [-0.25, -0.2) is 0 Å². The molecule has 0 bridgehead atoms. The van der Waals surface area contributed by atoms with E-state index in [0.717, 1.165) is 23.1 Å². The number of furan rings is 1. The van der Waals surface area contributed by atoms with Crippen LogP contribution in [0.5, 0.6) is 0 Å². The van der Waals surface area contributed by atoms with Crippen molar-refractivity contribution < 1.29 is 33.0 Å². The van der Waals surface area contributed by atoms with Gasteiger partial charge < -0.3 is 18.6 Å². The van der Waals surface area contributed by atoms with E-state index in [4.69, 9.17) is 18.6 Å². The zero-order valence-corrected chi connectivity index (χ0v) is 21.3. The van der Waals surface area contributed by atoms with E-state index >= 15 is 0 Å². The highest BCUT2D eigenvalue weighted by atomic mass is 16.6. The van der Waals surface area contributed by atoms with E-state index in [-0.39, 0.29) is 42.0 Å². The molecule has 1 aliphatic heterocycles. The molecule has 7 heteroatoms. The number of carbonyl (C=O) groups excluding carboxylic acids is 3. The molecule has 35 heavy (non-hydrogen) atoms. The van der Waals surface area contributed by atoms with Gasteiger partial charge in [0.1, 0.15) is 18.0 Å². The Morgan fingerprint density at radius 1 is 1.20 bits per heavy atom. The number of rotatable bonds is 4. The van der Waals surface area contributed by atoms with Crippen LogP contribution in [-0.2, 0) is 28.6 Å². The molecule has 0 N–H and O–H groups in total. The number of methoxy groups -OCH3 is 1. The standard InChI is InChI=1S/C28H34O7/c1-14-7-8-21(30)27(4)20(12-22(31)32-6)28(5)24-15(2)18(17-9-10-33-13-17)11-19(24)35-26(28)25(23(14)27)34-16(3)29/h7,9-10,13,18-20,23,25-26H,8,11-12H2,1-6H3. The fraction of sp³-hybridized carbons (Fsp3) is 0.607. The van der Waals surface area contributed by atoms with E-state index in [1.165, 1.54) is 19.6 Å². The Labute approximate surface area is 205 Å². The third-order valence-corrected chi connectivity index (χ3v) is 9.47. The SMILES string of the molecule is COC(=O)CC1C2(C)C3=C(C)C(c4ccoc4)CC3OC2C(OC(C)=O)C2C(C)=CCC(=O)C21C. The van der Waals surface area contributed by atoms with Crippen LogP contribution in [0.4, 0.5) is 0 Å². The summed E-state index contributed by atoms with van der Waals surface area (Å²) in [6.07, 6.45) is 5.20. The van der Waals surface area contributed by atoms with Crippen LogP contribution < -0.4 is 0 Å². The van der Waals surface area contributed by atoms with E-state index in [1.54, 1.807) is 12.5 Å². The van der Waals surface area contributed by atoms with Crippen LogP contribution in [0.3, 0.4) is 0 Å². The molecule has 1 saturated carbocycles. The smallest absolute Gasteiger partial charge is 0.305 e. The summed E-state index contributed by atoms with van der Waals surface area (Å²) in [5, 5.41) is 0. The largest absolute Gasteiger partial charge is 0.472 e. The molecule has 4 aliphatic rings. The van der Waals surface area contributed by atoms with Crippen molar-refractivity contribution in [3.05, 3.63) is 47.0 Å². The summed E-state index contributed by atoms with van der Waals surface area (Å²) in [4.78, 5) is 38.9. The van der Waals surface area contributed by atoms with Crippen LogP contribution in [0.15, 0.2) is 45.8 Å². The molecule has 8 atom stereocenters. The fourth-order valence-electron chi connectivity index (χ4n) is 8.03. The maximum Gasteiger partial charge on any atom is 0.305 e. The summed E-state index contributed by atoms with van der Waals surface area (Å²) in [6.45, 7) is 9.55. The molecule has 8 unspecified atom stereocenters. The molecule has 0 spiro atoms. The molecule has 1 saturated heterocycles. The van der Waals surface area contributed by atoms with Crippen LogP contribution in [0, 0.1) is 22.7 Å². The molecule has 1 aromatic heterocycles. The Morgan fingerprint density at radius 2 is 1.94 bits per heavy atom. The second-order valence-electron chi connectivity index (χ2n) is 11.0. The Morgan fingerprint density at radius 3 is 2.57 bits per heavy atom. The molecule has 3 aliphatic carbocycles. The quantitative estimate of drug-likeness (QED) is 0.460. The molecule has 7 nitrogen and oxygen atoms in total. The first kappa shape index (κ1) is 24.0. The summed E-state index contributed by atoms with van der Waals surface area (Å²) < 4.78 is 23.2. The lowest BCUT2D eigenvalue weighted by Crippen LogP contribution is -2.66. The lowest BCUT2D eigenvalue weighted by molar-refractivity contribution is -0.205. The fourth-order valence-corrected chi connectivity index (χ4v) is 8.03. The zero-order valence-electron chi connectivity index (χ0n) is 21.3. The highest BCUT2D eigenvalue weighted by molar-refractivity contribution is 5.90. The molecular weight excluding hydrogens is 448 g/mol.